The van der Waals surface area contributed by atoms with Crippen LogP contribution in [0.4, 0.5) is 11.4 Å². The zero-order valence-electron chi connectivity index (χ0n) is 35.1. The van der Waals surface area contributed by atoms with Crippen LogP contribution in [0.5, 0.6) is 11.5 Å². The van der Waals surface area contributed by atoms with E-state index in [-0.39, 0.29) is 0 Å². The monoisotopic (exact) mass is 818 g/mol. The Balaban J connectivity index is 0.956. The van der Waals surface area contributed by atoms with Crippen LogP contribution in [0.3, 0.4) is 0 Å². The van der Waals surface area contributed by atoms with E-state index in [4.69, 9.17) is 4.74 Å². The van der Waals surface area contributed by atoms with E-state index in [1.165, 1.54) is 55.3 Å². The van der Waals surface area contributed by atoms with Crippen molar-refractivity contribution < 1.29 is 4.74 Å². The lowest BCUT2D eigenvalue weighted by atomic mass is 9.61. The van der Waals surface area contributed by atoms with Crippen LogP contribution in [-0.4, -0.2) is 4.57 Å². The van der Waals surface area contributed by atoms with Gasteiger partial charge in [-0.1, -0.05) is 188 Å². The lowest BCUT2D eigenvalue weighted by molar-refractivity contribution is 0.435. The van der Waals surface area contributed by atoms with E-state index >= 15 is 0 Å². The summed E-state index contributed by atoms with van der Waals surface area (Å²) in [5, 5.41) is 2.52. The van der Waals surface area contributed by atoms with Crippen LogP contribution in [0.1, 0.15) is 40.2 Å². The number of nitrogens with zero attached hydrogens (tertiary/aromatic N) is 2. The highest BCUT2D eigenvalue weighted by Crippen LogP contribution is 2.61. The first-order valence-corrected chi connectivity index (χ1v) is 22.3. The summed E-state index contributed by atoms with van der Waals surface area (Å²) in [6.45, 7) is 0. The Kier molecular flexibility index (Phi) is 8.26. The van der Waals surface area contributed by atoms with Crippen LogP contribution >= 0.6 is 0 Å². The molecule has 0 N–H and O–H groups in total. The number of aromatic nitrogens is 1. The van der Waals surface area contributed by atoms with Crippen LogP contribution in [0, 0.1) is 0 Å². The number of rotatable bonds is 6. The van der Waals surface area contributed by atoms with Gasteiger partial charge in [-0.3, -0.25) is 0 Å². The van der Waals surface area contributed by atoms with Gasteiger partial charge >= 0.3 is 0 Å². The Hall–Kier alpha value is -8.14. The van der Waals surface area contributed by atoms with Gasteiger partial charge in [0, 0.05) is 50.5 Å². The van der Waals surface area contributed by atoms with E-state index in [0.717, 1.165) is 57.2 Å². The van der Waals surface area contributed by atoms with Gasteiger partial charge in [-0.2, -0.15) is 0 Å². The number of anilines is 2. The second kappa shape index (κ2) is 14.5. The van der Waals surface area contributed by atoms with Gasteiger partial charge in [0.2, 0.25) is 0 Å². The van der Waals surface area contributed by atoms with Crippen molar-refractivity contribution in [3.05, 3.63) is 270 Å². The van der Waals surface area contributed by atoms with Crippen LogP contribution in [0.15, 0.2) is 242 Å². The van der Waals surface area contributed by atoms with Gasteiger partial charge in [0.15, 0.2) is 0 Å². The molecule has 0 fully saturated rings. The van der Waals surface area contributed by atoms with E-state index in [0.29, 0.717) is 5.92 Å². The molecule has 9 aromatic carbocycles. The number of benzene rings is 9. The number of ether oxygens (including phenoxy) is 1. The summed E-state index contributed by atoms with van der Waals surface area (Å²) in [5.74, 6) is 2.12. The lowest BCUT2D eigenvalue weighted by Crippen LogP contribution is -2.37. The van der Waals surface area contributed by atoms with Crippen molar-refractivity contribution in [2.24, 2.45) is 0 Å². The topological polar surface area (TPSA) is 17.4 Å². The predicted molar refractivity (Wildman–Crippen MR) is 263 cm³/mol. The second-order valence-electron chi connectivity index (χ2n) is 17.1. The Labute approximate surface area is 373 Å². The Bertz CT molecular complexity index is 3490. The highest BCUT2D eigenvalue weighted by Gasteiger charge is 2.50. The Morgan fingerprint density at radius 2 is 1.09 bits per heavy atom. The average Bonchev–Trinajstić information content (AvgIpc) is 3.71. The maximum absolute atomic E-state index is 7.15. The third kappa shape index (κ3) is 5.41. The number of allylic oxidation sites excluding steroid dienone is 3. The highest BCUT2D eigenvalue weighted by molar-refractivity contribution is 6.12. The second-order valence-corrected chi connectivity index (χ2v) is 17.1. The first-order chi connectivity index (χ1) is 31.8. The molecule has 0 saturated carbocycles. The molecule has 3 aliphatic rings. The first kappa shape index (κ1) is 36.5. The summed E-state index contributed by atoms with van der Waals surface area (Å²) >= 11 is 0. The number of hydrogen-bond acceptors (Lipinski definition) is 2. The number of fused-ring (bicyclic) bond motifs is 11. The molecule has 302 valence electrons. The van der Waals surface area contributed by atoms with E-state index in [9.17, 15) is 0 Å². The van der Waals surface area contributed by atoms with Gasteiger partial charge < -0.3 is 14.2 Å². The van der Waals surface area contributed by atoms with Crippen molar-refractivity contribution >= 4 is 33.2 Å². The fourth-order valence-electron chi connectivity index (χ4n) is 11.0. The molecule has 2 aliphatic heterocycles. The quantitative estimate of drug-likeness (QED) is 0.166. The van der Waals surface area contributed by atoms with Crippen molar-refractivity contribution in [1.29, 1.82) is 0 Å². The molecular weight excluding hydrogens is 777 g/mol. The molecule has 2 unspecified atom stereocenters. The normalized spacial score (nSPS) is 16.8. The minimum absolute atomic E-state index is 0.346. The first-order valence-electron chi connectivity index (χ1n) is 22.3. The zero-order chi connectivity index (χ0) is 42.2. The van der Waals surface area contributed by atoms with Crippen molar-refractivity contribution in [3.8, 4) is 39.4 Å². The molecule has 2 atom stereocenters. The fourth-order valence-corrected chi connectivity index (χ4v) is 11.0. The largest absolute Gasteiger partial charge is 0.456 e. The molecule has 0 bridgehead atoms. The molecule has 3 nitrogen and oxygen atoms in total. The van der Waals surface area contributed by atoms with Gasteiger partial charge in [0.1, 0.15) is 11.5 Å². The van der Waals surface area contributed by atoms with Gasteiger partial charge in [-0.15, -0.1) is 0 Å². The van der Waals surface area contributed by atoms with Gasteiger partial charge in [-0.25, -0.2) is 0 Å². The SMILES string of the molecule is C1=CC(c2ccccc2)CC=C1N(c1ccc(-c2ccccc2)cc1)c1ccc(-c2cccc3c2Oc2ccccc2C32c3ccccc3-n3c4ccccc4c4cccc2c43)cc1. The molecule has 0 saturated heterocycles. The summed E-state index contributed by atoms with van der Waals surface area (Å²) in [6.07, 6.45) is 7.97. The van der Waals surface area contributed by atoms with Crippen LogP contribution < -0.4 is 9.64 Å². The molecular formula is C61H42N2O. The molecule has 3 heterocycles. The van der Waals surface area contributed by atoms with Crippen LogP contribution in [0.25, 0.3) is 49.7 Å². The smallest absolute Gasteiger partial charge is 0.140 e. The van der Waals surface area contributed by atoms with Crippen LogP contribution in [-0.2, 0) is 5.41 Å². The van der Waals surface area contributed by atoms with E-state index in [2.05, 4.69) is 246 Å². The predicted octanol–water partition coefficient (Wildman–Crippen LogP) is 15.7. The highest BCUT2D eigenvalue weighted by atomic mass is 16.5. The summed E-state index contributed by atoms with van der Waals surface area (Å²) in [7, 11) is 0. The van der Waals surface area contributed by atoms with Crippen molar-refractivity contribution in [3.63, 3.8) is 0 Å². The fraction of sp³-hybridized carbons (Fsp3) is 0.0492. The number of para-hydroxylation sites is 5. The molecule has 1 spiro atoms. The van der Waals surface area contributed by atoms with Gasteiger partial charge in [0.05, 0.1) is 22.1 Å². The van der Waals surface area contributed by atoms with Crippen molar-refractivity contribution in [2.45, 2.75) is 17.8 Å². The minimum Gasteiger partial charge on any atom is -0.456 e. The van der Waals surface area contributed by atoms with Crippen molar-refractivity contribution in [1.82, 2.24) is 4.57 Å². The maximum atomic E-state index is 7.15. The molecule has 64 heavy (non-hydrogen) atoms. The summed E-state index contributed by atoms with van der Waals surface area (Å²) in [6, 6.07) is 79.5. The molecule has 0 amide bonds. The molecule has 10 aromatic rings. The summed E-state index contributed by atoms with van der Waals surface area (Å²) < 4.78 is 9.64. The van der Waals surface area contributed by atoms with Gasteiger partial charge in [-0.05, 0) is 88.3 Å². The molecule has 3 heteroatoms. The molecule has 0 radical (unpaired) electrons. The third-order valence-corrected chi connectivity index (χ3v) is 13.8. The van der Waals surface area contributed by atoms with Crippen LogP contribution in [0.2, 0.25) is 0 Å². The molecule has 1 aromatic heterocycles. The lowest BCUT2D eigenvalue weighted by Gasteiger charge is -2.45. The Morgan fingerprint density at radius 1 is 0.484 bits per heavy atom. The number of hydrogen-bond donors (Lipinski definition) is 0. The van der Waals surface area contributed by atoms with E-state index < -0.39 is 5.41 Å². The standard InChI is InChI=1S/C61H42N2O/c1-3-15-41(16-4-1)43-29-35-46(36-30-43)62(47-37-31-44(32-38-47)42-17-5-2-6-18-42)48-39-33-45(34-40-48)49-20-13-25-55-60(49)64-58-28-12-9-23-53(58)61(55)52-22-8-11-27-57(52)63-56-26-10-7-19-50(56)51-21-14-24-54(61)59(51)63/h1-31,33-40,44H,32H2. The maximum Gasteiger partial charge on any atom is 0.140 e. The van der Waals surface area contributed by atoms with Gasteiger partial charge in [0.25, 0.3) is 0 Å². The third-order valence-electron chi connectivity index (χ3n) is 13.8. The Morgan fingerprint density at radius 3 is 1.88 bits per heavy atom. The average molecular weight is 819 g/mol. The molecule has 13 rings (SSSR count). The molecule has 1 aliphatic carbocycles. The van der Waals surface area contributed by atoms with E-state index in [1.54, 1.807) is 0 Å². The zero-order valence-corrected chi connectivity index (χ0v) is 35.1. The summed E-state index contributed by atoms with van der Waals surface area (Å²) in [5.41, 5.74) is 17.1. The minimum atomic E-state index is -0.624. The summed E-state index contributed by atoms with van der Waals surface area (Å²) in [4.78, 5) is 2.39. The van der Waals surface area contributed by atoms with E-state index in [1.807, 2.05) is 0 Å². The van der Waals surface area contributed by atoms with Crippen molar-refractivity contribution in [2.75, 3.05) is 4.90 Å².